The first-order chi connectivity index (χ1) is 8.20. The van der Waals surface area contributed by atoms with Crippen LogP contribution in [0.25, 0.3) is 5.52 Å². The van der Waals surface area contributed by atoms with Crippen LogP contribution in [0.4, 0.5) is 5.82 Å². The molecule has 0 radical (unpaired) electrons. The van der Waals surface area contributed by atoms with Crippen molar-refractivity contribution in [2.45, 2.75) is 46.1 Å². The van der Waals surface area contributed by atoms with Crippen LogP contribution in [0.1, 0.15) is 38.8 Å². The number of rotatable bonds is 5. The van der Waals surface area contributed by atoms with E-state index in [1.807, 2.05) is 17.6 Å². The summed E-state index contributed by atoms with van der Waals surface area (Å²) < 4.78 is 1.87. The summed E-state index contributed by atoms with van der Waals surface area (Å²) in [6, 6.07) is 2.51. The second-order valence-corrected chi connectivity index (χ2v) is 4.58. The average molecular weight is 232 g/mol. The highest BCUT2D eigenvalue weighted by Gasteiger charge is 2.07. The van der Waals surface area contributed by atoms with Gasteiger partial charge in [0.2, 0.25) is 0 Å². The molecule has 4 heteroatoms. The molecule has 92 valence electrons. The number of aromatic nitrogens is 3. The lowest BCUT2D eigenvalue weighted by Crippen LogP contribution is -2.16. The van der Waals surface area contributed by atoms with E-state index in [4.69, 9.17) is 0 Å². The molecule has 0 aliphatic rings. The van der Waals surface area contributed by atoms with E-state index in [9.17, 15) is 0 Å². The van der Waals surface area contributed by atoms with Crippen LogP contribution in [-0.4, -0.2) is 20.6 Å². The van der Waals surface area contributed by atoms with Crippen molar-refractivity contribution in [1.82, 2.24) is 14.6 Å². The van der Waals surface area contributed by atoms with Crippen LogP contribution in [0.2, 0.25) is 0 Å². The predicted molar refractivity (Wildman–Crippen MR) is 70.3 cm³/mol. The van der Waals surface area contributed by atoms with Crippen molar-refractivity contribution in [3.05, 3.63) is 24.2 Å². The molecule has 1 N–H and O–H groups in total. The Balaban J connectivity index is 2.17. The first-order valence-corrected chi connectivity index (χ1v) is 6.28. The van der Waals surface area contributed by atoms with Crippen molar-refractivity contribution < 1.29 is 0 Å². The van der Waals surface area contributed by atoms with Crippen molar-refractivity contribution in [1.29, 1.82) is 0 Å². The Labute approximate surface area is 102 Å². The SMILES string of the molecule is CCCCC(C)Nc1nccn2nc(C)cc12. The largest absolute Gasteiger partial charge is 0.366 e. The molecule has 1 atom stereocenters. The lowest BCUT2D eigenvalue weighted by atomic mass is 10.1. The quantitative estimate of drug-likeness (QED) is 0.861. The summed E-state index contributed by atoms with van der Waals surface area (Å²) in [7, 11) is 0. The molecule has 2 aromatic heterocycles. The molecule has 0 saturated carbocycles. The van der Waals surface area contributed by atoms with E-state index in [0.29, 0.717) is 6.04 Å². The molecule has 0 aromatic carbocycles. The van der Waals surface area contributed by atoms with Crippen molar-refractivity contribution in [2.24, 2.45) is 0 Å². The summed E-state index contributed by atoms with van der Waals surface area (Å²) >= 11 is 0. The maximum absolute atomic E-state index is 4.40. The molecule has 2 heterocycles. The monoisotopic (exact) mass is 232 g/mol. The highest BCUT2D eigenvalue weighted by Crippen LogP contribution is 2.16. The van der Waals surface area contributed by atoms with Gasteiger partial charge in [0.15, 0.2) is 5.82 Å². The van der Waals surface area contributed by atoms with Crippen LogP contribution >= 0.6 is 0 Å². The predicted octanol–water partition coefficient (Wildman–Crippen LogP) is 3.03. The fraction of sp³-hybridized carbons (Fsp3) is 0.538. The van der Waals surface area contributed by atoms with Crippen LogP contribution in [0.15, 0.2) is 18.5 Å². The molecule has 2 rings (SSSR count). The summed E-state index contributed by atoms with van der Waals surface area (Å²) in [4.78, 5) is 4.40. The third kappa shape index (κ3) is 2.75. The van der Waals surface area contributed by atoms with E-state index in [1.165, 1.54) is 19.3 Å². The van der Waals surface area contributed by atoms with Gasteiger partial charge in [0.05, 0.1) is 5.69 Å². The molecule has 0 amide bonds. The lowest BCUT2D eigenvalue weighted by molar-refractivity contribution is 0.643. The molecule has 0 saturated heterocycles. The van der Waals surface area contributed by atoms with Crippen LogP contribution in [0.5, 0.6) is 0 Å². The first kappa shape index (κ1) is 11.9. The number of nitrogens with zero attached hydrogens (tertiary/aromatic N) is 3. The molecule has 0 aliphatic carbocycles. The molecule has 2 aromatic rings. The van der Waals surface area contributed by atoms with Gasteiger partial charge in [-0.25, -0.2) is 9.50 Å². The Hall–Kier alpha value is -1.58. The Morgan fingerprint density at radius 1 is 1.47 bits per heavy atom. The van der Waals surface area contributed by atoms with E-state index in [0.717, 1.165) is 17.0 Å². The zero-order valence-electron chi connectivity index (χ0n) is 10.8. The molecule has 17 heavy (non-hydrogen) atoms. The Morgan fingerprint density at radius 3 is 3.06 bits per heavy atom. The van der Waals surface area contributed by atoms with Crippen LogP contribution in [0.3, 0.4) is 0 Å². The molecule has 0 fully saturated rings. The third-order valence-corrected chi connectivity index (χ3v) is 2.89. The zero-order chi connectivity index (χ0) is 12.3. The Bertz CT molecular complexity index is 489. The number of unbranched alkanes of at least 4 members (excludes halogenated alkanes) is 1. The van der Waals surface area contributed by atoms with Gasteiger partial charge in [0.25, 0.3) is 0 Å². The summed E-state index contributed by atoms with van der Waals surface area (Å²) in [6.45, 7) is 6.41. The second-order valence-electron chi connectivity index (χ2n) is 4.58. The third-order valence-electron chi connectivity index (χ3n) is 2.89. The van der Waals surface area contributed by atoms with Gasteiger partial charge in [-0.15, -0.1) is 0 Å². The van der Waals surface area contributed by atoms with Gasteiger partial charge in [0.1, 0.15) is 5.52 Å². The highest BCUT2D eigenvalue weighted by molar-refractivity contribution is 5.67. The number of hydrogen-bond acceptors (Lipinski definition) is 3. The van der Waals surface area contributed by atoms with E-state index >= 15 is 0 Å². The van der Waals surface area contributed by atoms with Crippen LogP contribution < -0.4 is 5.32 Å². The van der Waals surface area contributed by atoms with Crippen molar-refractivity contribution in [2.75, 3.05) is 5.32 Å². The molecular formula is C13H20N4. The van der Waals surface area contributed by atoms with Gasteiger partial charge in [0, 0.05) is 18.4 Å². The number of fused-ring (bicyclic) bond motifs is 1. The van der Waals surface area contributed by atoms with Crippen molar-refractivity contribution >= 4 is 11.3 Å². The van der Waals surface area contributed by atoms with Gasteiger partial charge in [-0.05, 0) is 26.3 Å². The van der Waals surface area contributed by atoms with E-state index in [-0.39, 0.29) is 0 Å². The number of nitrogens with one attached hydrogen (secondary N) is 1. The van der Waals surface area contributed by atoms with Gasteiger partial charge in [-0.3, -0.25) is 0 Å². The fourth-order valence-corrected chi connectivity index (χ4v) is 1.97. The minimum Gasteiger partial charge on any atom is -0.366 e. The van der Waals surface area contributed by atoms with E-state index < -0.39 is 0 Å². The molecule has 0 aliphatic heterocycles. The second kappa shape index (κ2) is 5.17. The topological polar surface area (TPSA) is 42.2 Å². The molecular weight excluding hydrogens is 212 g/mol. The van der Waals surface area contributed by atoms with E-state index in [2.05, 4.69) is 35.3 Å². The molecule has 1 unspecified atom stereocenters. The van der Waals surface area contributed by atoms with Gasteiger partial charge < -0.3 is 5.32 Å². The zero-order valence-corrected chi connectivity index (χ0v) is 10.8. The van der Waals surface area contributed by atoms with Crippen LogP contribution in [0, 0.1) is 6.92 Å². The summed E-state index contributed by atoms with van der Waals surface area (Å²) in [6.07, 6.45) is 7.32. The molecule has 0 spiro atoms. The minimum absolute atomic E-state index is 0.448. The van der Waals surface area contributed by atoms with Gasteiger partial charge in [-0.2, -0.15) is 5.10 Å². The summed E-state index contributed by atoms with van der Waals surface area (Å²) in [5.41, 5.74) is 2.07. The van der Waals surface area contributed by atoms with Gasteiger partial charge in [-0.1, -0.05) is 19.8 Å². The Kier molecular flexibility index (Phi) is 3.61. The smallest absolute Gasteiger partial charge is 0.152 e. The number of anilines is 1. The van der Waals surface area contributed by atoms with Crippen LogP contribution in [-0.2, 0) is 0 Å². The number of hydrogen-bond donors (Lipinski definition) is 1. The standard InChI is InChI=1S/C13H20N4/c1-4-5-6-10(2)15-13-12-9-11(3)16-17(12)8-7-14-13/h7-10H,4-6H2,1-3H3,(H,14,15). The maximum Gasteiger partial charge on any atom is 0.152 e. The van der Waals surface area contributed by atoms with Crippen molar-refractivity contribution in [3.63, 3.8) is 0 Å². The molecule has 4 nitrogen and oxygen atoms in total. The first-order valence-electron chi connectivity index (χ1n) is 6.28. The van der Waals surface area contributed by atoms with Gasteiger partial charge >= 0.3 is 0 Å². The maximum atomic E-state index is 4.40. The number of aryl methyl sites for hydroxylation is 1. The summed E-state index contributed by atoms with van der Waals surface area (Å²) in [5, 5.41) is 7.84. The van der Waals surface area contributed by atoms with E-state index in [1.54, 1.807) is 6.20 Å². The minimum atomic E-state index is 0.448. The molecule has 0 bridgehead atoms. The average Bonchev–Trinajstić information content (AvgIpc) is 2.68. The summed E-state index contributed by atoms with van der Waals surface area (Å²) in [5.74, 6) is 0.928. The van der Waals surface area contributed by atoms with Crippen molar-refractivity contribution in [3.8, 4) is 0 Å². The Morgan fingerprint density at radius 2 is 2.29 bits per heavy atom. The normalized spacial score (nSPS) is 12.9. The lowest BCUT2D eigenvalue weighted by Gasteiger charge is -2.14. The fourth-order valence-electron chi connectivity index (χ4n) is 1.97. The highest BCUT2D eigenvalue weighted by atomic mass is 15.2.